The van der Waals surface area contributed by atoms with Crippen molar-refractivity contribution in [3.8, 4) is 0 Å². The fourth-order valence-electron chi connectivity index (χ4n) is 2.98. The average Bonchev–Trinajstić information content (AvgIpc) is 2.56. The molecule has 1 aliphatic carbocycles. The molecular weight excluding hydrogens is 292 g/mol. The van der Waals surface area contributed by atoms with Crippen molar-refractivity contribution in [1.82, 2.24) is 4.98 Å². The summed E-state index contributed by atoms with van der Waals surface area (Å²) >= 11 is 6.92. The first-order chi connectivity index (χ1) is 10.2. The van der Waals surface area contributed by atoms with Crippen LogP contribution in [0.3, 0.4) is 0 Å². The number of rotatable bonds is 4. The fraction of sp³-hybridized carbons (Fsp3) is 0.421. The van der Waals surface area contributed by atoms with Crippen LogP contribution in [0, 0.1) is 11.8 Å². The Balaban J connectivity index is 2.52. The Morgan fingerprint density at radius 2 is 2.18 bits per heavy atom. The smallest absolute Gasteiger partial charge is 0.0931 e. The van der Waals surface area contributed by atoms with Crippen LogP contribution in [-0.2, 0) is 0 Å². The van der Waals surface area contributed by atoms with Crippen LogP contribution in [0.1, 0.15) is 45.4 Å². The van der Waals surface area contributed by atoms with Crippen molar-refractivity contribution in [2.75, 3.05) is 0 Å². The van der Waals surface area contributed by atoms with Crippen molar-refractivity contribution in [3.05, 3.63) is 53.4 Å². The number of hydrogen-bond acceptors (Lipinski definition) is 2. The van der Waals surface area contributed by atoms with Gasteiger partial charge in [0.05, 0.1) is 16.3 Å². The van der Waals surface area contributed by atoms with E-state index in [0.717, 1.165) is 22.4 Å². The lowest BCUT2D eigenvalue weighted by Gasteiger charge is -2.31. The summed E-state index contributed by atoms with van der Waals surface area (Å²) in [5, 5.41) is 0. The van der Waals surface area contributed by atoms with Crippen molar-refractivity contribution in [3.63, 3.8) is 0 Å². The van der Waals surface area contributed by atoms with E-state index in [2.05, 4.69) is 44.5 Å². The first kappa shape index (κ1) is 16.8. The highest BCUT2D eigenvalue weighted by Gasteiger charge is 2.34. The van der Waals surface area contributed by atoms with Gasteiger partial charge in [0.2, 0.25) is 0 Å². The number of allylic oxidation sites excluding steroid dienone is 3. The molecule has 0 amide bonds. The lowest BCUT2D eigenvalue weighted by atomic mass is 9.82. The molecule has 0 radical (unpaired) electrons. The minimum atomic E-state index is -0.561. The Morgan fingerprint density at radius 1 is 1.50 bits per heavy atom. The van der Waals surface area contributed by atoms with Gasteiger partial charge in [-0.2, -0.15) is 0 Å². The zero-order valence-corrected chi connectivity index (χ0v) is 14.6. The molecule has 0 saturated carbocycles. The third-order valence-corrected chi connectivity index (χ3v) is 4.68. The number of halogens is 1. The maximum atomic E-state index is 6.92. The molecule has 0 fully saturated rings. The SMILES string of the molecule is C=C(CC(C)(Cl)C1=C(N)c2ncccc2C=C[C@H]1C)C(C)C. The van der Waals surface area contributed by atoms with Gasteiger partial charge in [-0.15, -0.1) is 11.6 Å². The number of aromatic nitrogens is 1. The van der Waals surface area contributed by atoms with E-state index in [4.69, 9.17) is 17.3 Å². The summed E-state index contributed by atoms with van der Waals surface area (Å²) < 4.78 is 0. The van der Waals surface area contributed by atoms with Gasteiger partial charge in [0, 0.05) is 11.8 Å². The molecule has 0 saturated heterocycles. The summed E-state index contributed by atoms with van der Waals surface area (Å²) in [6, 6.07) is 3.95. The molecule has 0 spiro atoms. The first-order valence-electron chi connectivity index (χ1n) is 7.74. The number of hydrogen-bond donors (Lipinski definition) is 1. The fourth-order valence-corrected chi connectivity index (χ4v) is 3.42. The molecule has 3 heteroatoms. The van der Waals surface area contributed by atoms with E-state index < -0.39 is 4.87 Å². The molecule has 2 rings (SSSR count). The lowest BCUT2D eigenvalue weighted by Crippen LogP contribution is -2.28. The highest BCUT2D eigenvalue weighted by molar-refractivity contribution is 6.26. The molecule has 1 aromatic rings. The number of pyridine rings is 1. The molecule has 0 aliphatic heterocycles. The quantitative estimate of drug-likeness (QED) is 0.626. The van der Waals surface area contributed by atoms with Gasteiger partial charge >= 0.3 is 0 Å². The monoisotopic (exact) mass is 316 g/mol. The average molecular weight is 317 g/mol. The molecule has 1 unspecified atom stereocenters. The third kappa shape index (κ3) is 3.27. The lowest BCUT2D eigenvalue weighted by molar-refractivity contribution is 0.600. The van der Waals surface area contributed by atoms with Crippen molar-refractivity contribution < 1.29 is 0 Å². The summed E-state index contributed by atoms with van der Waals surface area (Å²) in [5.41, 5.74) is 11.2. The van der Waals surface area contributed by atoms with Gasteiger partial charge < -0.3 is 5.73 Å². The predicted octanol–water partition coefficient (Wildman–Crippen LogP) is 5.01. The second-order valence-electron chi connectivity index (χ2n) is 6.60. The Bertz CT molecular complexity index is 639. The summed E-state index contributed by atoms with van der Waals surface area (Å²) in [5.74, 6) is 0.568. The van der Waals surface area contributed by atoms with E-state index in [-0.39, 0.29) is 5.92 Å². The Kier molecular flexibility index (Phi) is 4.81. The van der Waals surface area contributed by atoms with E-state index >= 15 is 0 Å². The van der Waals surface area contributed by atoms with Crippen LogP contribution in [0.25, 0.3) is 11.8 Å². The molecule has 1 aromatic heterocycles. The largest absolute Gasteiger partial charge is 0.397 e. The molecule has 118 valence electrons. The Morgan fingerprint density at radius 3 is 2.82 bits per heavy atom. The van der Waals surface area contributed by atoms with Crippen LogP contribution in [0.2, 0.25) is 0 Å². The van der Waals surface area contributed by atoms with Crippen molar-refractivity contribution in [2.24, 2.45) is 17.6 Å². The minimum Gasteiger partial charge on any atom is -0.397 e. The van der Waals surface area contributed by atoms with Crippen molar-refractivity contribution >= 4 is 23.4 Å². The van der Waals surface area contributed by atoms with E-state index in [9.17, 15) is 0 Å². The van der Waals surface area contributed by atoms with Crippen molar-refractivity contribution in [2.45, 2.75) is 39.0 Å². The maximum absolute atomic E-state index is 6.92. The number of fused-ring (bicyclic) bond motifs is 1. The zero-order chi connectivity index (χ0) is 16.5. The number of nitrogens with two attached hydrogens (primary N) is 1. The molecule has 0 aromatic carbocycles. The molecular formula is C19H25ClN2. The normalized spacial score (nSPS) is 20.5. The number of alkyl halides is 1. The molecule has 22 heavy (non-hydrogen) atoms. The summed E-state index contributed by atoms with van der Waals surface area (Å²) in [7, 11) is 0. The van der Waals surface area contributed by atoms with Crippen LogP contribution >= 0.6 is 11.6 Å². The van der Waals surface area contributed by atoms with E-state index in [1.807, 2.05) is 19.1 Å². The van der Waals surface area contributed by atoms with E-state index in [1.165, 1.54) is 0 Å². The summed E-state index contributed by atoms with van der Waals surface area (Å²) in [4.78, 5) is 3.90. The van der Waals surface area contributed by atoms with Crippen LogP contribution in [0.15, 0.2) is 42.1 Å². The second kappa shape index (κ2) is 6.29. The van der Waals surface area contributed by atoms with Gasteiger partial charge in [-0.25, -0.2) is 0 Å². The van der Waals surface area contributed by atoms with Crippen LogP contribution in [0.5, 0.6) is 0 Å². The maximum Gasteiger partial charge on any atom is 0.0931 e. The standard InChI is InChI=1S/C19H25ClN2/c1-12(2)14(4)11-19(5,20)16-13(3)8-9-15-7-6-10-22-18(15)17(16)21/h6-10,12-13H,4,11,21H2,1-3,5H3/t13-,19?/m1/s1. The molecule has 2 N–H and O–H groups in total. The number of nitrogens with zero attached hydrogens (tertiary/aromatic N) is 1. The Labute approximate surface area is 138 Å². The molecule has 1 aliphatic rings. The highest BCUT2D eigenvalue weighted by Crippen LogP contribution is 2.42. The van der Waals surface area contributed by atoms with Gasteiger partial charge in [-0.1, -0.05) is 51.1 Å². The first-order valence-corrected chi connectivity index (χ1v) is 8.12. The van der Waals surface area contributed by atoms with Gasteiger partial charge in [0.25, 0.3) is 0 Å². The predicted molar refractivity (Wildman–Crippen MR) is 96.4 cm³/mol. The van der Waals surface area contributed by atoms with Crippen LogP contribution in [-0.4, -0.2) is 9.86 Å². The van der Waals surface area contributed by atoms with E-state index in [1.54, 1.807) is 6.20 Å². The zero-order valence-electron chi connectivity index (χ0n) is 13.9. The van der Waals surface area contributed by atoms with Crippen LogP contribution < -0.4 is 5.73 Å². The highest BCUT2D eigenvalue weighted by atomic mass is 35.5. The molecule has 2 atom stereocenters. The van der Waals surface area contributed by atoms with Crippen LogP contribution in [0.4, 0.5) is 0 Å². The summed E-state index contributed by atoms with van der Waals surface area (Å²) in [6.07, 6.45) is 6.71. The van der Waals surface area contributed by atoms with Gasteiger partial charge in [-0.3, -0.25) is 4.98 Å². The molecule has 1 heterocycles. The summed E-state index contributed by atoms with van der Waals surface area (Å²) in [6.45, 7) is 12.6. The Hall–Kier alpha value is -1.54. The third-order valence-electron chi connectivity index (χ3n) is 4.34. The molecule has 2 nitrogen and oxygen atoms in total. The van der Waals surface area contributed by atoms with Crippen molar-refractivity contribution in [1.29, 1.82) is 0 Å². The van der Waals surface area contributed by atoms with E-state index in [0.29, 0.717) is 18.0 Å². The van der Waals surface area contributed by atoms with Gasteiger partial charge in [-0.05, 0) is 36.8 Å². The second-order valence-corrected chi connectivity index (χ2v) is 7.44. The minimum absolute atomic E-state index is 0.164. The van der Waals surface area contributed by atoms with Gasteiger partial charge in [0.1, 0.15) is 0 Å². The molecule has 0 bridgehead atoms. The van der Waals surface area contributed by atoms with Gasteiger partial charge in [0.15, 0.2) is 0 Å². The topological polar surface area (TPSA) is 38.9 Å².